The highest BCUT2D eigenvalue weighted by atomic mass is 32.2. The minimum Gasteiger partial charge on any atom is -0.307 e. The maximum absolute atomic E-state index is 13.4. The fourth-order valence-corrected chi connectivity index (χ4v) is 6.14. The molecule has 0 bridgehead atoms. The number of carbonyl (C=O) groups is 1. The Hall–Kier alpha value is -3.59. The summed E-state index contributed by atoms with van der Waals surface area (Å²) in [5.41, 5.74) is 3.02. The summed E-state index contributed by atoms with van der Waals surface area (Å²) in [6, 6.07) is 30.9. The van der Waals surface area contributed by atoms with Crippen LogP contribution in [0.2, 0.25) is 0 Å². The molecule has 176 valence electrons. The van der Waals surface area contributed by atoms with Crippen molar-refractivity contribution in [2.75, 3.05) is 17.3 Å². The number of urea groups is 1. The van der Waals surface area contributed by atoms with E-state index >= 15 is 0 Å². The third-order valence-electron chi connectivity index (χ3n) is 5.70. The van der Waals surface area contributed by atoms with E-state index in [1.807, 2.05) is 78.9 Å². The Morgan fingerprint density at radius 3 is 1.94 bits per heavy atom. The molecule has 0 spiro atoms. The van der Waals surface area contributed by atoms with Gasteiger partial charge in [0.2, 0.25) is 10.0 Å². The van der Waals surface area contributed by atoms with Crippen LogP contribution in [-0.4, -0.2) is 25.8 Å². The second kappa shape index (κ2) is 9.58. The number of hydrogen-bond acceptors (Lipinski definition) is 4. The van der Waals surface area contributed by atoms with Gasteiger partial charge in [0.25, 0.3) is 0 Å². The molecule has 6 nitrogen and oxygen atoms in total. The van der Waals surface area contributed by atoms with Crippen LogP contribution in [0.3, 0.4) is 0 Å². The fourth-order valence-electron chi connectivity index (χ4n) is 3.92. The quantitative estimate of drug-likeness (QED) is 0.346. The van der Waals surface area contributed by atoms with Crippen molar-refractivity contribution in [3.63, 3.8) is 0 Å². The van der Waals surface area contributed by atoms with Gasteiger partial charge in [-0.1, -0.05) is 66.4 Å². The van der Waals surface area contributed by atoms with Crippen LogP contribution in [0.4, 0.5) is 21.9 Å². The van der Waals surface area contributed by atoms with Crippen molar-refractivity contribution in [3.05, 3.63) is 109 Å². The van der Waals surface area contributed by atoms with Gasteiger partial charge in [0.1, 0.15) is 0 Å². The standard InChI is InChI=1S/C27H23N3O3S2/c1-29(19-20-9-3-2-4-10-20)35(32,33)22-17-15-21(16-18-22)28-27(31)30-23-11-5-7-13-25(23)34-26-14-8-6-12-24(26)30/h2-18H,19H2,1H3,(H,28,31). The van der Waals surface area contributed by atoms with E-state index in [0.717, 1.165) is 26.7 Å². The smallest absolute Gasteiger partial charge is 0.307 e. The van der Waals surface area contributed by atoms with E-state index in [2.05, 4.69) is 5.32 Å². The van der Waals surface area contributed by atoms with Crippen molar-refractivity contribution < 1.29 is 13.2 Å². The average Bonchev–Trinajstić information content (AvgIpc) is 2.88. The van der Waals surface area contributed by atoms with Crippen LogP contribution < -0.4 is 10.2 Å². The Morgan fingerprint density at radius 1 is 0.800 bits per heavy atom. The number of para-hydroxylation sites is 2. The molecule has 0 radical (unpaired) electrons. The van der Waals surface area contributed by atoms with E-state index < -0.39 is 10.0 Å². The number of nitrogens with one attached hydrogen (secondary N) is 1. The lowest BCUT2D eigenvalue weighted by Gasteiger charge is -2.31. The number of benzene rings is 4. The number of rotatable bonds is 5. The van der Waals surface area contributed by atoms with Crippen molar-refractivity contribution in [2.45, 2.75) is 21.2 Å². The molecule has 1 heterocycles. The Bertz CT molecular complexity index is 1430. The number of anilines is 3. The second-order valence-electron chi connectivity index (χ2n) is 8.07. The van der Waals surface area contributed by atoms with E-state index in [0.29, 0.717) is 5.69 Å². The molecule has 5 rings (SSSR count). The molecule has 2 amide bonds. The molecule has 4 aromatic carbocycles. The second-order valence-corrected chi connectivity index (χ2v) is 11.2. The number of amides is 2. The van der Waals surface area contributed by atoms with Crippen LogP contribution in [0.1, 0.15) is 5.56 Å². The zero-order valence-corrected chi connectivity index (χ0v) is 20.6. The Kier molecular flexibility index (Phi) is 6.34. The van der Waals surface area contributed by atoms with Gasteiger partial charge in [-0.15, -0.1) is 0 Å². The Morgan fingerprint density at radius 2 is 1.34 bits per heavy atom. The molecular weight excluding hydrogens is 478 g/mol. The van der Waals surface area contributed by atoms with Crippen LogP contribution in [0.25, 0.3) is 0 Å². The van der Waals surface area contributed by atoms with Crippen molar-refractivity contribution in [3.8, 4) is 0 Å². The molecule has 35 heavy (non-hydrogen) atoms. The molecule has 8 heteroatoms. The largest absolute Gasteiger partial charge is 0.331 e. The van der Waals surface area contributed by atoms with Gasteiger partial charge in [-0.2, -0.15) is 4.31 Å². The van der Waals surface area contributed by atoms with E-state index in [4.69, 9.17) is 0 Å². The van der Waals surface area contributed by atoms with Gasteiger partial charge in [0, 0.05) is 29.1 Å². The van der Waals surface area contributed by atoms with Crippen molar-refractivity contribution in [2.24, 2.45) is 0 Å². The third kappa shape index (κ3) is 4.68. The van der Waals surface area contributed by atoms with Crippen LogP contribution in [0, 0.1) is 0 Å². The summed E-state index contributed by atoms with van der Waals surface area (Å²) in [7, 11) is -2.12. The number of fused-ring (bicyclic) bond motifs is 2. The van der Waals surface area contributed by atoms with Gasteiger partial charge < -0.3 is 5.32 Å². The number of carbonyl (C=O) groups excluding carboxylic acids is 1. The summed E-state index contributed by atoms with van der Waals surface area (Å²) in [5.74, 6) is 0. The van der Waals surface area contributed by atoms with Crippen molar-refractivity contribution >= 4 is 44.9 Å². The summed E-state index contributed by atoms with van der Waals surface area (Å²) in [6.07, 6.45) is 0. The van der Waals surface area contributed by atoms with E-state index in [1.54, 1.807) is 35.8 Å². The first-order valence-electron chi connectivity index (χ1n) is 11.0. The summed E-state index contributed by atoms with van der Waals surface area (Å²) >= 11 is 1.62. The SMILES string of the molecule is CN(Cc1ccccc1)S(=O)(=O)c1ccc(NC(=O)N2c3ccccc3Sc3ccccc32)cc1. The minimum atomic E-state index is -3.68. The highest BCUT2D eigenvalue weighted by molar-refractivity contribution is 7.99. The Balaban J connectivity index is 1.36. The summed E-state index contributed by atoms with van der Waals surface area (Å²) in [4.78, 5) is 17.2. The van der Waals surface area contributed by atoms with Gasteiger partial charge in [-0.25, -0.2) is 13.2 Å². The van der Waals surface area contributed by atoms with Crippen LogP contribution in [0.15, 0.2) is 118 Å². The molecule has 0 saturated carbocycles. The van der Waals surface area contributed by atoms with Crippen LogP contribution in [-0.2, 0) is 16.6 Å². The van der Waals surface area contributed by atoms with Crippen LogP contribution in [0.5, 0.6) is 0 Å². The van der Waals surface area contributed by atoms with E-state index in [-0.39, 0.29) is 17.5 Å². The molecule has 1 aliphatic rings. The molecule has 1 N–H and O–H groups in total. The van der Waals surface area contributed by atoms with Gasteiger partial charge >= 0.3 is 6.03 Å². The maximum atomic E-state index is 13.4. The normalized spacial score (nSPS) is 12.7. The summed E-state index contributed by atoms with van der Waals surface area (Å²) < 4.78 is 27.4. The van der Waals surface area contributed by atoms with E-state index in [1.165, 1.54) is 16.4 Å². The lowest BCUT2D eigenvalue weighted by Crippen LogP contribution is -2.32. The molecule has 0 fully saturated rings. The van der Waals surface area contributed by atoms with Crippen molar-refractivity contribution in [1.82, 2.24) is 4.31 Å². The number of nitrogens with zero attached hydrogens (tertiary/aromatic N) is 2. The van der Waals surface area contributed by atoms with Gasteiger partial charge in [0.15, 0.2) is 0 Å². The lowest BCUT2D eigenvalue weighted by atomic mass is 10.2. The Labute approximate surface area is 209 Å². The molecule has 1 aliphatic heterocycles. The molecule has 0 atom stereocenters. The topological polar surface area (TPSA) is 69.7 Å². The zero-order valence-electron chi connectivity index (χ0n) is 19.0. The summed E-state index contributed by atoms with van der Waals surface area (Å²) in [6.45, 7) is 0.271. The molecule has 0 aromatic heterocycles. The zero-order chi connectivity index (χ0) is 24.4. The first kappa shape index (κ1) is 23.2. The summed E-state index contributed by atoms with van der Waals surface area (Å²) in [5, 5.41) is 2.91. The fraction of sp³-hybridized carbons (Fsp3) is 0.0741. The molecule has 4 aromatic rings. The first-order valence-corrected chi connectivity index (χ1v) is 13.3. The van der Waals surface area contributed by atoms with Crippen molar-refractivity contribution in [1.29, 1.82) is 0 Å². The van der Waals surface area contributed by atoms with Crippen LogP contribution >= 0.6 is 11.8 Å². The predicted molar refractivity (Wildman–Crippen MR) is 140 cm³/mol. The van der Waals surface area contributed by atoms with E-state index in [9.17, 15) is 13.2 Å². The highest BCUT2D eigenvalue weighted by Gasteiger charge is 2.28. The monoisotopic (exact) mass is 501 g/mol. The third-order valence-corrected chi connectivity index (χ3v) is 8.65. The van der Waals surface area contributed by atoms with Gasteiger partial charge in [0.05, 0.1) is 16.3 Å². The highest BCUT2D eigenvalue weighted by Crippen LogP contribution is 2.48. The lowest BCUT2D eigenvalue weighted by molar-refractivity contribution is 0.259. The average molecular weight is 502 g/mol. The predicted octanol–water partition coefficient (Wildman–Crippen LogP) is 6.34. The maximum Gasteiger partial charge on any atom is 0.331 e. The van der Waals surface area contributed by atoms with Gasteiger partial charge in [-0.3, -0.25) is 4.90 Å². The molecule has 0 aliphatic carbocycles. The number of sulfonamides is 1. The number of hydrogen-bond donors (Lipinski definition) is 1. The van der Waals surface area contributed by atoms with Gasteiger partial charge in [-0.05, 0) is 54.1 Å². The molecule has 0 saturated heterocycles. The first-order chi connectivity index (χ1) is 16.9. The molecule has 0 unspecified atom stereocenters. The molecular formula is C27H23N3O3S2. The minimum absolute atomic E-state index is 0.166.